The van der Waals surface area contributed by atoms with Gasteiger partial charge in [-0.1, -0.05) is 145 Å². The second kappa shape index (κ2) is 39.9. The number of esters is 1. The number of aliphatic carboxylic acids is 1. The molecule has 0 aliphatic carbocycles. The topological polar surface area (TPSA) is 155 Å². The van der Waals surface area contributed by atoms with E-state index >= 15 is 0 Å². The minimum absolute atomic E-state index is 0.00423. The lowest BCUT2D eigenvalue weighted by Gasteiger charge is -2.20. The van der Waals surface area contributed by atoms with Gasteiger partial charge in [0.05, 0.1) is 19.8 Å². The third-order valence-electron chi connectivity index (χ3n) is 8.78. The van der Waals surface area contributed by atoms with Crippen LogP contribution in [0.3, 0.4) is 0 Å². The number of phosphoric ester groups is 1. The lowest BCUT2D eigenvalue weighted by molar-refractivity contribution is -0.154. The molecule has 0 fully saturated rings. The number of unbranched alkanes of at least 4 members (excludes halogenated alkanes) is 16. The quantitative estimate of drug-likeness (QED) is 0.0236. The van der Waals surface area contributed by atoms with Gasteiger partial charge in [-0.15, -0.1) is 0 Å². The van der Waals surface area contributed by atoms with Gasteiger partial charge in [0.15, 0.2) is 0 Å². The molecule has 0 amide bonds. The van der Waals surface area contributed by atoms with Crippen LogP contribution in [0.2, 0.25) is 0 Å². The lowest BCUT2D eigenvalue weighted by atomic mass is 10.1. The molecule has 3 unspecified atom stereocenters. The number of rotatable bonds is 40. The molecule has 0 saturated heterocycles. The summed E-state index contributed by atoms with van der Waals surface area (Å²) in [7, 11) is -4.63. The zero-order valence-electron chi connectivity index (χ0n) is 34.5. The van der Waals surface area contributed by atoms with E-state index in [0.29, 0.717) is 13.0 Å². The summed E-state index contributed by atoms with van der Waals surface area (Å²) in [4.78, 5) is 33.5. The zero-order valence-corrected chi connectivity index (χ0v) is 35.4. The molecule has 318 valence electrons. The molecular formula is C44H78NO9P. The summed E-state index contributed by atoms with van der Waals surface area (Å²) in [6.45, 7) is 3.69. The summed E-state index contributed by atoms with van der Waals surface area (Å²) in [5, 5.41) is 8.89. The summed E-state index contributed by atoms with van der Waals surface area (Å²) < 4.78 is 33.3. The Kier molecular flexibility index (Phi) is 38.2. The first-order valence-electron chi connectivity index (χ1n) is 21.3. The van der Waals surface area contributed by atoms with E-state index in [0.717, 1.165) is 57.8 Å². The highest BCUT2D eigenvalue weighted by Gasteiger charge is 2.27. The van der Waals surface area contributed by atoms with E-state index in [9.17, 15) is 19.0 Å². The molecule has 0 heterocycles. The Morgan fingerprint density at radius 1 is 0.600 bits per heavy atom. The summed E-state index contributed by atoms with van der Waals surface area (Å²) in [6.07, 6.45) is 47.1. The van der Waals surface area contributed by atoms with Gasteiger partial charge < -0.3 is 25.2 Å². The number of carboxylic acids is 1. The van der Waals surface area contributed by atoms with Crippen molar-refractivity contribution in [3.63, 3.8) is 0 Å². The number of ether oxygens (including phenoxy) is 2. The average Bonchev–Trinajstić information content (AvgIpc) is 3.16. The maximum Gasteiger partial charge on any atom is 0.472 e. The number of carbonyl (C=O) groups excluding carboxylic acids is 1. The van der Waals surface area contributed by atoms with Crippen molar-refractivity contribution in [2.45, 2.75) is 180 Å². The Bertz CT molecular complexity index is 1100. The second-order valence-corrected chi connectivity index (χ2v) is 15.5. The predicted molar refractivity (Wildman–Crippen MR) is 226 cm³/mol. The summed E-state index contributed by atoms with van der Waals surface area (Å²) >= 11 is 0. The molecule has 0 rings (SSSR count). The van der Waals surface area contributed by atoms with Crippen LogP contribution in [-0.4, -0.2) is 60.5 Å². The van der Waals surface area contributed by atoms with E-state index in [4.69, 9.17) is 29.4 Å². The van der Waals surface area contributed by atoms with Crippen LogP contribution >= 0.6 is 7.82 Å². The number of phosphoric acid groups is 1. The van der Waals surface area contributed by atoms with Crippen molar-refractivity contribution < 1.29 is 42.7 Å². The highest BCUT2D eigenvalue weighted by Crippen LogP contribution is 2.43. The minimum atomic E-state index is -4.63. The number of hydrogen-bond acceptors (Lipinski definition) is 8. The molecule has 0 spiro atoms. The number of nitrogens with two attached hydrogens (primary N) is 1. The van der Waals surface area contributed by atoms with Crippen molar-refractivity contribution >= 4 is 19.8 Å². The molecule has 10 nitrogen and oxygen atoms in total. The maximum absolute atomic E-state index is 12.6. The number of allylic oxidation sites excluding steroid dienone is 10. The first-order valence-corrected chi connectivity index (χ1v) is 22.8. The van der Waals surface area contributed by atoms with Crippen molar-refractivity contribution in [2.75, 3.05) is 26.4 Å². The number of hydrogen-bond donors (Lipinski definition) is 3. The molecule has 0 aromatic heterocycles. The average molecular weight is 796 g/mol. The fourth-order valence-corrected chi connectivity index (χ4v) is 6.25. The van der Waals surface area contributed by atoms with E-state index in [1.807, 2.05) is 0 Å². The van der Waals surface area contributed by atoms with E-state index < -0.39 is 45.1 Å². The summed E-state index contributed by atoms with van der Waals surface area (Å²) in [5.41, 5.74) is 5.35. The Hall–Kier alpha value is -2.33. The standard InChI is InChI=1S/C44H78NO9P/c1-3-5-7-9-11-13-15-17-19-20-21-23-25-27-29-31-33-35-37-51-38-41(39-52-55(49,50)53-40-42(45)44(47)48)54-43(46)36-34-32-30-28-26-24-22-18-16-14-12-10-8-6-4-2/h6,8,12,14,17-19,22,26,28,41-42H,3-5,7,9-11,13,15-16,20-21,23-25,27,29-40,45H2,1-2H3,(H,47,48)(H,49,50)/b8-6-,14-12-,19-17-,22-18-,28-26-. The largest absolute Gasteiger partial charge is 0.480 e. The van der Waals surface area contributed by atoms with E-state index in [-0.39, 0.29) is 13.0 Å². The minimum Gasteiger partial charge on any atom is -0.480 e. The normalized spacial score (nSPS) is 14.5. The van der Waals surface area contributed by atoms with Gasteiger partial charge in [-0.05, 0) is 77.0 Å². The van der Waals surface area contributed by atoms with Crippen molar-refractivity contribution in [3.05, 3.63) is 60.8 Å². The fraction of sp³-hybridized carbons (Fsp3) is 0.727. The van der Waals surface area contributed by atoms with Crippen LogP contribution in [-0.2, 0) is 32.7 Å². The lowest BCUT2D eigenvalue weighted by Crippen LogP contribution is -2.34. The molecule has 0 radical (unpaired) electrons. The van der Waals surface area contributed by atoms with Crippen molar-refractivity contribution in [1.82, 2.24) is 0 Å². The van der Waals surface area contributed by atoms with Gasteiger partial charge in [-0.25, -0.2) is 4.57 Å². The van der Waals surface area contributed by atoms with Crippen molar-refractivity contribution in [2.24, 2.45) is 5.73 Å². The summed E-state index contributed by atoms with van der Waals surface area (Å²) in [6, 6.07) is -1.48. The monoisotopic (exact) mass is 796 g/mol. The van der Waals surface area contributed by atoms with E-state index in [2.05, 4.69) is 74.6 Å². The molecule has 55 heavy (non-hydrogen) atoms. The van der Waals surface area contributed by atoms with Crippen LogP contribution in [0.4, 0.5) is 0 Å². The van der Waals surface area contributed by atoms with Crippen molar-refractivity contribution in [1.29, 1.82) is 0 Å². The van der Waals surface area contributed by atoms with Gasteiger partial charge in [-0.3, -0.25) is 18.6 Å². The molecule has 0 bridgehead atoms. The molecule has 0 aromatic rings. The van der Waals surface area contributed by atoms with Gasteiger partial charge in [0.2, 0.25) is 0 Å². The Labute approximate surface area is 334 Å². The van der Waals surface area contributed by atoms with Gasteiger partial charge in [0, 0.05) is 13.0 Å². The molecule has 3 atom stereocenters. The van der Waals surface area contributed by atoms with Crippen LogP contribution in [0.25, 0.3) is 0 Å². The van der Waals surface area contributed by atoms with Crippen LogP contribution in [0.5, 0.6) is 0 Å². The smallest absolute Gasteiger partial charge is 0.472 e. The Balaban J connectivity index is 4.31. The van der Waals surface area contributed by atoms with Crippen LogP contribution in [0, 0.1) is 0 Å². The maximum atomic E-state index is 12.6. The Morgan fingerprint density at radius 3 is 1.60 bits per heavy atom. The van der Waals surface area contributed by atoms with Crippen LogP contribution in [0.1, 0.15) is 168 Å². The van der Waals surface area contributed by atoms with Crippen LogP contribution < -0.4 is 5.73 Å². The fourth-order valence-electron chi connectivity index (χ4n) is 5.47. The molecule has 0 aromatic carbocycles. The van der Waals surface area contributed by atoms with Gasteiger partial charge >= 0.3 is 19.8 Å². The van der Waals surface area contributed by atoms with Gasteiger partial charge in [0.1, 0.15) is 12.1 Å². The summed E-state index contributed by atoms with van der Waals surface area (Å²) in [5.74, 6) is -1.83. The molecular weight excluding hydrogens is 717 g/mol. The first-order chi connectivity index (χ1) is 26.7. The highest BCUT2D eigenvalue weighted by atomic mass is 31.2. The SMILES string of the molecule is CC/C=C\C/C=C\C/C=C\C/C=C\CCCCC(=O)OC(COCCCCCCCCCC/C=C\CCCCCCCC)COP(=O)(O)OCC(N)C(=O)O. The second-order valence-electron chi connectivity index (χ2n) is 14.1. The zero-order chi connectivity index (χ0) is 40.5. The van der Waals surface area contributed by atoms with E-state index in [1.54, 1.807) is 0 Å². The molecule has 0 aliphatic heterocycles. The van der Waals surface area contributed by atoms with Crippen molar-refractivity contribution in [3.8, 4) is 0 Å². The van der Waals surface area contributed by atoms with Crippen LogP contribution in [0.15, 0.2) is 60.8 Å². The molecule has 4 N–H and O–H groups in total. The first kappa shape index (κ1) is 52.7. The predicted octanol–water partition coefficient (Wildman–Crippen LogP) is 11.6. The van der Waals surface area contributed by atoms with Gasteiger partial charge in [-0.2, -0.15) is 0 Å². The molecule has 11 heteroatoms. The van der Waals surface area contributed by atoms with Gasteiger partial charge in [0.25, 0.3) is 0 Å². The Morgan fingerprint density at radius 2 is 1.05 bits per heavy atom. The molecule has 0 saturated carbocycles. The number of carboxylic acid groups (broad SMARTS) is 1. The number of carbonyl (C=O) groups is 2. The highest BCUT2D eigenvalue weighted by molar-refractivity contribution is 7.47. The van der Waals surface area contributed by atoms with E-state index in [1.165, 1.54) is 83.5 Å². The third kappa shape index (κ3) is 39.7. The third-order valence-corrected chi connectivity index (χ3v) is 9.73. The molecule has 0 aliphatic rings.